The molecule has 0 bridgehead atoms. The van der Waals surface area contributed by atoms with Crippen molar-refractivity contribution in [1.29, 1.82) is 0 Å². The first-order chi connectivity index (χ1) is 8.36. The smallest absolute Gasteiger partial charge is 0.0594 e. The van der Waals surface area contributed by atoms with Gasteiger partial charge in [-0.3, -0.25) is 9.88 Å². The normalized spacial score (nSPS) is 17.0. The van der Waals surface area contributed by atoms with E-state index in [2.05, 4.69) is 22.1 Å². The van der Waals surface area contributed by atoms with Gasteiger partial charge in [-0.15, -0.1) is 0 Å². The van der Waals surface area contributed by atoms with Crippen molar-refractivity contribution in [2.45, 2.75) is 13.3 Å². The van der Waals surface area contributed by atoms with Gasteiger partial charge >= 0.3 is 0 Å². The van der Waals surface area contributed by atoms with Gasteiger partial charge in [0.2, 0.25) is 0 Å². The monoisotopic (exact) mass is 235 g/mol. The minimum Gasteiger partial charge on any atom is -0.385 e. The van der Waals surface area contributed by atoms with Gasteiger partial charge in [0.1, 0.15) is 0 Å². The van der Waals surface area contributed by atoms with Crippen molar-refractivity contribution in [3.8, 4) is 0 Å². The summed E-state index contributed by atoms with van der Waals surface area (Å²) in [6, 6.07) is 2.03. The molecule has 94 valence electrons. The van der Waals surface area contributed by atoms with Gasteiger partial charge in [-0.1, -0.05) is 0 Å². The summed E-state index contributed by atoms with van der Waals surface area (Å²) in [5.41, 5.74) is 2.40. The average Bonchev–Trinajstić information content (AvgIpc) is 2.38. The summed E-state index contributed by atoms with van der Waals surface area (Å²) in [5, 5.41) is 3.45. The lowest BCUT2D eigenvalue weighted by Crippen LogP contribution is -2.37. The van der Waals surface area contributed by atoms with Crippen LogP contribution in [0, 0.1) is 6.92 Å². The molecule has 0 saturated carbocycles. The largest absolute Gasteiger partial charge is 0.385 e. The molecule has 1 aromatic heterocycles. The van der Waals surface area contributed by atoms with Gasteiger partial charge in [-0.2, -0.15) is 0 Å². The van der Waals surface area contributed by atoms with Gasteiger partial charge in [-0.25, -0.2) is 0 Å². The summed E-state index contributed by atoms with van der Waals surface area (Å²) >= 11 is 0. The molecular weight excluding hydrogens is 214 g/mol. The highest BCUT2D eigenvalue weighted by atomic mass is 16.5. The Kier molecular flexibility index (Phi) is 4.76. The van der Waals surface area contributed by atoms with Crippen molar-refractivity contribution in [2.75, 3.05) is 44.7 Å². The van der Waals surface area contributed by atoms with Crippen LogP contribution >= 0.6 is 0 Å². The lowest BCUT2D eigenvalue weighted by atomic mass is 10.2. The Morgan fingerprint density at radius 3 is 3.00 bits per heavy atom. The third kappa shape index (κ3) is 3.98. The number of hydrogen-bond acceptors (Lipinski definition) is 4. The number of ether oxygens (including phenoxy) is 1. The molecule has 2 heterocycles. The van der Waals surface area contributed by atoms with E-state index in [0.29, 0.717) is 0 Å². The standard InChI is InChI=1S/C13H21N3O/c1-12-11-14-5-3-13(12)15-4-2-6-16-7-9-17-10-8-16/h3,5,11H,2,4,6-10H2,1H3,(H,14,15). The highest BCUT2D eigenvalue weighted by molar-refractivity contribution is 5.48. The third-order valence-corrected chi connectivity index (χ3v) is 3.09. The zero-order valence-electron chi connectivity index (χ0n) is 10.5. The zero-order chi connectivity index (χ0) is 11.9. The molecule has 1 fully saturated rings. The Morgan fingerprint density at radius 1 is 1.41 bits per heavy atom. The van der Waals surface area contributed by atoms with Crippen molar-refractivity contribution in [3.63, 3.8) is 0 Å². The minimum absolute atomic E-state index is 0.886. The maximum atomic E-state index is 5.33. The molecule has 1 saturated heterocycles. The molecule has 4 heteroatoms. The van der Waals surface area contributed by atoms with Crippen molar-refractivity contribution < 1.29 is 4.74 Å². The maximum absolute atomic E-state index is 5.33. The predicted molar refractivity (Wildman–Crippen MR) is 69.3 cm³/mol. The van der Waals surface area contributed by atoms with Crippen LogP contribution in [-0.2, 0) is 4.74 Å². The highest BCUT2D eigenvalue weighted by Gasteiger charge is 2.08. The minimum atomic E-state index is 0.886. The Labute approximate surface area is 103 Å². The molecule has 0 radical (unpaired) electrons. The summed E-state index contributed by atoms with van der Waals surface area (Å²) in [7, 11) is 0. The fourth-order valence-electron chi connectivity index (χ4n) is 2.02. The second kappa shape index (κ2) is 6.57. The van der Waals surface area contributed by atoms with E-state index < -0.39 is 0 Å². The number of morpholine rings is 1. The number of rotatable bonds is 5. The molecule has 4 nitrogen and oxygen atoms in total. The Hall–Kier alpha value is -1.13. The van der Waals surface area contributed by atoms with Crippen LogP contribution in [0.25, 0.3) is 0 Å². The van der Waals surface area contributed by atoms with E-state index in [1.165, 1.54) is 17.7 Å². The van der Waals surface area contributed by atoms with Crippen LogP contribution in [0.2, 0.25) is 0 Å². The average molecular weight is 235 g/mol. The zero-order valence-corrected chi connectivity index (χ0v) is 10.5. The van der Waals surface area contributed by atoms with Crippen LogP contribution in [0.15, 0.2) is 18.5 Å². The molecule has 0 spiro atoms. The fraction of sp³-hybridized carbons (Fsp3) is 0.615. The van der Waals surface area contributed by atoms with Crippen molar-refractivity contribution >= 4 is 5.69 Å². The first-order valence-corrected chi connectivity index (χ1v) is 6.31. The molecule has 0 atom stereocenters. The predicted octanol–water partition coefficient (Wildman–Crippen LogP) is 1.52. The second-order valence-electron chi connectivity index (χ2n) is 4.42. The number of nitrogens with zero attached hydrogens (tertiary/aromatic N) is 2. The van der Waals surface area contributed by atoms with Gasteiger partial charge < -0.3 is 10.1 Å². The number of aromatic nitrogens is 1. The fourth-order valence-corrected chi connectivity index (χ4v) is 2.02. The number of hydrogen-bond donors (Lipinski definition) is 1. The van der Waals surface area contributed by atoms with Gasteiger partial charge in [0.25, 0.3) is 0 Å². The Balaban J connectivity index is 1.64. The number of anilines is 1. The van der Waals surface area contributed by atoms with Gasteiger partial charge in [0.05, 0.1) is 13.2 Å². The molecule has 0 amide bonds. The summed E-state index contributed by atoms with van der Waals surface area (Å²) in [4.78, 5) is 6.55. The van der Waals surface area contributed by atoms with Crippen LogP contribution in [-0.4, -0.2) is 49.3 Å². The van der Waals surface area contributed by atoms with E-state index in [9.17, 15) is 0 Å². The lowest BCUT2D eigenvalue weighted by Gasteiger charge is -2.26. The molecule has 1 aliphatic rings. The van der Waals surface area contributed by atoms with E-state index in [4.69, 9.17) is 4.74 Å². The maximum Gasteiger partial charge on any atom is 0.0594 e. The topological polar surface area (TPSA) is 37.4 Å². The molecule has 0 unspecified atom stereocenters. The van der Waals surface area contributed by atoms with Gasteiger partial charge in [-0.05, 0) is 31.5 Å². The van der Waals surface area contributed by atoms with Crippen LogP contribution in [0.5, 0.6) is 0 Å². The molecule has 17 heavy (non-hydrogen) atoms. The SMILES string of the molecule is Cc1cnccc1NCCCN1CCOCC1. The summed E-state index contributed by atoms with van der Waals surface area (Å²) in [6.07, 6.45) is 4.89. The first kappa shape index (κ1) is 12.3. The number of aryl methyl sites for hydroxylation is 1. The second-order valence-corrected chi connectivity index (χ2v) is 4.42. The lowest BCUT2D eigenvalue weighted by molar-refractivity contribution is 0.0378. The Bertz CT molecular complexity index is 337. The molecule has 1 aromatic rings. The summed E-state index contributed by atoms with van der Waals surface area (Å²) < 4.78 is 5.33. The van der Waals surface area contributed by atoms with E-state index in [1.54, 1.807) is 0 Å². The number of pyridine rings is 1. The van der Waals surface area contributed by atoms with Crippen LogP contribution < -0.4 is 5.32 Å². The third-order valence-electron chi connectivity index (χ3n) is 3.09. The van der Waals surface area contributed by atoms with Crippen LogP contribution in [0.4, 0.5) is 5.69 Å². The molecule has 0 aromatic carbocycles. The molecule has 2 rings (SSSR count). The van der Waals surface area contributed by atoms with Gasteiger partial charge in [0.15, 0.2) is 0 Å². The molecule has 0 aliphatic carbocycles. The van der Waals surface area contributed by atoms with E-state index in [-0.39, 0.29) is 0 Å². The number of nitrogens with one attached hydrogen (secondary N) is 1. The quantitative estimate of drug-likeness (QED) is 0.785. The highest BCUT2D eigenvalue weighted by Crippen LogP contribution is 2.11. The van der Waals surface area contributed by atoms with Crippen molar-refractivity contribution in [1.82, 2.24) is 9.88 Å². The van der Waals surface area contributed by atoms with E-state index >= 15 is 0 Å². The summed E-state index contributed by atoms with van der Waals surface area (Å²) in [5.74, 6) is 0. The molecular formula is C13H21N3O. The summed E-state index contributed by atoms with van der Waals surface area (Å²) in [6.45, 7) is 8.18. The van der Waals surface area contributed by atoms with E-state index in [0.717, 1.165) is 39.4 Å². The van der Waals surface area contributed by atoms with Crippen molar-refractivity contribution in [2.24, 2.45) is 0 Å². The van der Waals surface area contributed by atoms with Crippen LogP contribution in [0.1, 0.15) is 12.0 Å². The molecule has 1 N–H and O–H groups in total. The van der Waals surface area contributed by atoms with Crippen LogP contribution in [0.3, 0.4) is 0 Å². The van der Waals surface area contributed by atoms with Crippen molar-refractivity contribution in [3.05, 3.63) is 24.0 Å². The van der Waals surface area contributed by atoms with E-state index in [1.807, 2.05) is 18.5 Å². The molecule has 1 aliphatic heterocycles. The van der Waals surface area contributed by atoms with Gasteiger partial charge in [0, 0.05) is 37.7 Å². The Morgan fingerprint density at radius 2 is 2.24 bits per heavy atom. The first-order valence-electron chi connectivity index (χ1n) is 6.31.